The Hall–Kier alpha value is -1.02. The minimum atomic E-state index is 0.116. The number of hydrogen-bond acceptors (Lipinski definition) is 2. The van der Waals surface area contributed by atoms with Crippen LogP contribution in [-0.2, 0) is 11.8 Å². The van der Waals surface area contributed by atoms with Gasteiger partial charge in [0.1, 0.15) is 5.75 Å². The zero-order valence-electron chi connectivity index (χ0n) is 15.0. The molecule has 0 amide bonds. The van der Waals surface area contributed by atoms with Crippen molar-refractivity contribution in [1.29, 1.82) is 0 Å². The van der Waals surface area contributed by atoms with E-state index in [1.165, 1.54) is 23.1 Å². The molecule has 1 rings (SSSR count). The van der Waals surface area contributed by atoms with E-state index in [1.807, 2.05) is 0 Å². The van der Waals surface area contributed by atoms with Crippen LogP contribution in [0, 0.1) is 6.92 Å². The van der Waals surface area contributed by atoms with Crippen LogP contribution in [0.2, 0.25) is 0 Å². The van der Waals surface area contributed by atoms with Gasteiger partial charge in [-0.3, -0.25) is 0 Å². The highest BCUT2D eigenvalue weighted by atomic mass is 16.5. The van der Waals surface area contributed by atoms with Crippen LogP contribution in [-0.4, -0.2) is 32.1 Å². The van der Waals surface area contributed by atoms with Gasteiger partial charge in [0.25, 0.3) is 0 Å². The van der Waals surface area contributed by atoms with Crippen LogP contribution >= 0.6 is 0 Å². The van der Waals surface area contributed by atoms with Crippen LogP contribution in [0.1, 0.15) is 57.2 Å². The molecule has 1 aromatic carbocycles. The van der Waals surface area contributed by atoms with Crippen LogP contribution in [0.3, 0.4) is 0 Å². The summed E-state index contributed by atoms with van der Waals surface area (Å²) in [5.41, 5.74) is 4.17. The van der Waals surface area contributed by atoms with Crippen molar-refractivity contribution in [1.82, 2.24) is 4.90 Å². The van der Waals surface area contributed by atoms with Crippen LogP contribution in [0.5, 0.6) is 5.75 Å². The Labute approximate surface area is 131 Å². The van der Waals surface area contributed by atoms with Crippen molar-refractivity contribution in [3.05, 3.63) is 28.8 Å². The van der Waals surface area contributed by atoms with Crippen molar-refractivity contribution < 1.29 is 4.74 Å². The van der Waals surface area contributed by atoms with Gasteiger partial charge in [-0.25, -0.2) is 0 Å². The lowest BCUT2D eigenvalue weighted by Crippen LogP contribution is -2.16. The standard InChI is InChI=1S/C19H33NO/c1-8-12-21-18-15(2)13-16(10-9-11-20(6)7)14-17(18)19(3,4)5/h13-14H,8-12H2,1-7H3. The monoisotopic (exact) mass is 291 g/mol. The van der Waals surface area contributed by atoms with Crippen LogP contribution < -0.4 is 4.74 Å². The lowest BCUT2D eigenvalue weighted by Gasteiger charge is -2.25. The summed E-state index contributed by atoms with van der Waals surface area (Å²) in [5, 5.41) is 0. The molecular formula is C19H33NO. The highest BCUT2D eigenvalue weighted by molar-refractivity contribution is 5.47. The summed E-state index contributed by atoms with van der Waals surface area (Å²) in [6.07, 6.45) is 3.38. The second-order valence-corrected chi connectivity index (χ2v) is 7.29. The summed E-state index contributed by atoms with van der Waals surface area (Å²) >= 11 is 0. The Morgan fingerprint density at radius 2 is 1.81 bits per heavy atom. The lowest BCUT2D eigenvalue weighted by molar-refractivity contribution is 0.306. The fraction of sp³-hybridized carbons (Fsp3) is 0.684. The maximum atomic E-state index is 6.03. The molecule has 0 atom stereocenters. The predicted molar refractivity (Wildman–Crippen MR) is 92.5 cm³/mol. The van der Waals surface area contributed by atoms with E-state index in [0.29, 0.717) is 0 Å². The van der Waals surface area contributed by atoms with E-state index in [2.05, 4.69) is 65.7 Å². The van der Waals surface area contributed by atoms with Gasteiger partial charge in [-0.2, -0.15) is 0 Å². The van der Waals surface area contributed by atoms with Crippen molar-refractivity contribution in [2.24, 2.45) is 0 Å². The zero-order valence-corrected chi connectivity index (χ0v) is 15.0. The van der Waals surface area contributed by atoms with Crippen molar-refractivity contribution >= 4 is 0 Å². The van der Waals surface area contributed by atoms with E-state index in [1.54, 1.807) is 0 Å². The summed E-state index contributed by atoms with van der Waals surface area (Å²) in [5.74, 6) is 1.10. The number of ether oxygens (including phenoxy) is 1. The molecule has 0 saturated carbocycles. The molecule has 1 aromatic rings. The fourth-order valence-electron chi connectivity index (χ4n) is 2.55. The third-order valence-electron chi connectivity index (χ3n) is 3.66. The first-order valence-electron chi connectivity index (χ1n) is 8.17. The van der Waals surface area contributed by atoms with Crippen molar-refractivity contribution in [3.63, 3.8) is 0 Å². The number of aryl methyl sites for hydroxylation is 2. The average molecular weight is 291 g/mol. The van der Waals surface area contributed by atoms with Crippen LogP contribution in [0.15, 0.2) is 12.1 Å². The van der Waals surface area contributed by atoms with Crippen molar-refractivity contribution in [2.75, 3.05) is 27.2 Å². The molecule has 2 heteroatoms. The van der Waals surface area contributed by atoms with Gasteiger partial charge in [0.2, 0.25) is 0 Å². The quantitative estimate of drug-likeness (QED) is 0.729. The van der Waals surface area contributed by atoms with E-state index in [9.17, 15) is 0 Å². The number of benzene rings is 1. The molecule has 0 aliphatic rings. The summed E-state index contributed by atoms with van der Waals surface area (Å²) in [6.45, 7) is 13.1. The fourth-order valence-corrected chi connectivity index (χ4v) is 2.55. The summed E-state index contributed by atoms with van der Waals surface area (Å²) < 4.78 is 6.03. The zero-order chi connectivity index (χ0) is 16.0. The molecule has 120 valence electrons. The molecule has 2 nitrogen and oxygen atoms in total. The highest BCUT2D eigenvalue weighted by Crippen LogP contribution is 2.35. The van der Waals surface area contributed by atoms with Gasteiger partial charge >= 0.3 is 0 Å². The lowest BCUT2D eigenvalue weighted by atomic mass is 9.83. The smallest absolute Gasteiger partial charge is 0.125 e. The number of hydrogen-bond donors (Lipinski definition) is 0. The molecule has 0 fully saturated rings. The number of nitrogens with zero attached hydrogens (tertiary/aromatic N) is 1. The van der Waals surface area contributed by atoms with Gasteiger partial charge in [0.05, 0.1) is 6.61 Å². The first kappa shape index (κ1) is 18.0. The Morgan fingerprint density at radius 1 is 1.14 bits per heavy atom. The summed E-state index contributed by atoms with van der Waals surface area (Å²) in [4.78, 5) is 2.25. The van der Waals surface area contributed by atoms with E-state index in [4.69, 9.17) is 4.74 Å². The molecule has 0 saturated heterocycles. The minimum Gasteiger partial charge on any atom is -0.493 e. The molecule has 0 unspecified atom stereocenters. The summed E-state index contributed by atoms with van der Waals surface area (Å²) in [6, 6.07) is 4.66. The Kier molecular flexibility index (Phi) is 6.73. The molecule has 0 N–H and O–H groups in total. The number of rotatable bonds is 7. The van der Waals surface area contributed by atoms with Crippen LogP contribution in [0.25, 0.3) is 0 Å². The topological polar surface area (TPSA) is 12.5 Å². The largest absolute Gasteiger partial charge is 0.493 e. The van der Waals surface area contributed by atoms with Gasteiger partial charge in [-0.05, 0) is 63.4 Å². The van der Waals surface area contributed by atoms with Gasteiger partial charge in [0.15, 0.2) is 0 Å². The molecule has 0 aliphatic carbocycles. The molecule has 0 heterocycles. The van der Waals surface area contributed by atoms with Gasteiger partial charge in [-0.15, -0.1) is 0 Å². The molecule has 0 radical (unpaired) electrons. The third kappa shape index (κ3) is 5.70. The van der Waals surface area contributed by atoms with Crippen LogP contribution in [0.4, 0.5) is 0 Å². The van der Waals surface area contributed by atoms with E-state index >= 15 is 0 Å². The Balaban J connectivity index is 3.01. The first-order chi connectivity index (χ1) is 9.75. The third-order valence-corrected chi connectivity index (χ3v) is 3.66. The molecule has 0 bridgehead atoms. The predicted octanol–water partition coefficient (Wildman–Crippen LogP) is 4.58. The van der Waals surface area contributed by atoms with Gasteiger partial charge in [0, 0.05) is 5.56 Å². The van der Waals surface area contributed by atoms with E-state index in [0.717, 1.165) is 31.7 Å². The van der Waals surface area contributed by atoms with E-state index in [-0.39, 0.29) is 5.41 Å². The maximum absolute atomic E-state index is 6.03. The summed E-state index contributed by atoms with van der Waals surface area (Å²) in [7, 11) is 4.26. The normalized spacial score (nSPS) is 12.0. The van der Waals surface area contributed by atoms with Gasteiger partial charge in [-0.1, -0.05) is 39.8 Å². The maximum Gasteiger partial charge on any atom is 0.125 e. The van der Waals surface area contributed by atoms with Crippen molar-refractivity contribution in [3.8, 4) is 5.75 Å². The van der Waals surface area contributed by atoms with Crippen molar-refractivity contribution in [2.45, 2.75) is 59.3 Å². The van der Waals surface area contributed by atoms with Gasteiger partial charge < -0.3 is 9.64 Å². The van der Waals surface area contributed by atoms with E-state index < -0.39 is 0 Å². The molecular weight excluding hydrogens is 258 g/mol. The second kappa shape index (κ2) is 7.84. The molecule has 21 heavy (non-hydrogen) atoms. The molecule has 0 aliphatic heterocycles. The minimum absolute atomic E-state index is 0.116. The first-order valence-corrected chi connectivity index (χ1v) is 8.17. The second-order valence-electron chi connectivity index (χ2n) is 7.29. The highest BCUT2D eigenvalue weighted by Gasteiger charge is 2.21. The molecule has 0 aromatic heterocycles. The Bertz CT molecular complexity index is 444. The average Bonchev–Trinajstić information content (AvgIpc) is 2.35. The molecule has 0 spiro atoms. The SMILES string of the molecule is CCCOc1c(C)cc(CCCN(C)C)cc1C(C)(C)C. The Morgan fingerprint density at radius 3 is 2.33 bits per heavy atom.